The Morgan fingerprint density at radius 2 is 2.40 bits per heavy atom. The number of anilines is 1. The number of rotatable bonds is 2. The molecular weight excluding hydrogens is 216 g/mol. The third kappa shape index (κ3) is 1.47. The zero-order chi connectivity index (χ0) is 7.56. The number of nitrogens with zero attached hydrogens (tertiary/aromatic N) is 1. The Balaban J connectivity index is 2.96. The summed E-state index contributed by atoms with van der Waals surface area (Å²) in [5.41, 5.74) is 6.24. The Morgan fingerprint density at radius 3 is 2.80 bits per heavy atom. The van der Waals surface area contributed by atoms with Crippen LogP contribution in [0.15, 0.2) is 0 Å². The molecule has 0 bridgehead atoms. The highest BCUT2D eigenvalue weighted by atomic mass is 79.9. The molecule has 56 valence electrons. The van der Waals surface area contributed by atoms with Gasteiger partial charge in [-0.3, -0.25) is 0 Å². The van der Waals surface area contributed by atoms with Gasteiger partial charge in [-0.15, -0.1) is 0 Å². The van der Waals surface area contributed by atoms with E-state index in [4.69, 9.17) is 10.8 Å². The molecular formula is C5H7BrN2OS. The molecule has 3 nitrogen and oxygen atoms in total. The fourth-order valence-electron chi connectivity index (χ4n) is 0.631. The SMILES string of the molecule is Nc1nc(CBr)c(CO)s1. The number of aromatic nitrogens is 1. The highest BCUT2D eigenvalue weighted by molar-refractivity contribution is 9.08. The molecule has 0 aliphatic rings. The first-order valence-corrected chi connectivity index (χ1v) is 4.62. The topological polar surface area (TPSA) is 59.1 Å². The molecule has 0 saturated carbocycles. The Morgan fingerprint density at radius 1 is 1.70 bits per heavy atom. The van der Waals surface area contributed by atoms with Crippen molar-refractivity contribution in [2.24, 2.45) is 0 Å². The number of aliphatic hydroxyl groups is 1. The van der Waals surface area contributed by atoms with Crippen molar-refractivity contribution < 1.29 is 5.11 Å². The van der Waals surface area contributed by atoms with Gasteiger partial charge in [0.25, 0.3) is 0 Å². The molecule has 0 fully saturated rings. The van der Waals surface area contributed by atoms with Gasteiger partial charge < -0.3 is 10.8 Å². The molecule has 0 radical (unpaired) electrons. The maximum atomic E-state index is 8.76. The molecule has 0 unspecified atom stereocenters. The van der Waals surface area contributed by atoms with Crippen molar-refractivity contribution in [3.63, 3.8) is 0 Å². The Labute approximate surface area is 71.0 Å². The highest BCUT2D eigenvalue weighted by Gasteiger charge is 2.05. The van der Waals surface area contributed by atoms with Crippen LogP contribution >= 0.6 is 27.3 Å². The second-order valence-corrected chi connectivity index (χ2v) is 3.39. The average Bonchev–Trinajstić information content (AvgIpc) is 2.30. The van der Waals surface area contributed by atoms with E-state index in [0.29, 0.717) is 10.5 Å². The molecule has 0 aliphatic carbocycles. The summed E-state index contributed by atoms with van der Waals surface area (Å²) in [6.07, 6.45) is 0. The smallest absolute Gasteiger partial charge is 0.180 e. The van der Waals surface area contributed by atoms with E-state index in [2.05, 4.69) is 20.9 Å². The first-order valence-electron chi connectivity index (χ1n) is 2.68. The van der Waals surface area contributed by atoms with Crippen LogP contribution in [0.25, 0.3) is 0 Å². The van der Waals surface area contributed by atoms with Gasteiger partial charge in [-0.2, -0.15) is 0 Å². The summed E-state index contributed by atoms with van der Waals surface area (Å²) >= 11 is 4.57. The molecule has 1 aromatic rings. The number of aliphatic hydroxyl groups excluding tert-OH is 1. The number of hydrogen-bond donors (Lipinski definition) is 2. The molecule has 5 heteroatoms. The number of nitrogen functional groups attached to an aromatic ring is 1. The molecule has 10 heavy (non-hydrogen) atoms. The molecule has 0 aliphatic heterocycles. The Kier molecular flexibility index (Phi) is 2.64. The lowest BCUT2D eigenvalue weighted by Gasteiger charge is -1.89. The fraction of sp³-hybridized carbons (Fsp3) is 0.400. The zero-order valence-electron chi connectivity index (χ0n) is 5.17. The quantitative estimate of drug-likeness (QED) is 0.738. The minimum absolute atomic E-state index is 0.0236. The second kappa shape index (κ2) is 3.32. The standard InChI is InChI=1S/C5H7BrN2OS/c6-1-3-4(2-9)10-5(7)8-3/h9H,1-2H2,(H2,7,8). The third-order valence-corrected chi connectivity index (χ3v) is 2.51. The lowest BCUT2D eigenvalue weighted by Crippen LogP contribution is -1.86. The van der Waals surface area contributed by atoms with Crippen molar-refractivity contribution in [3.8, 4) is 0 Å². The number of alkyl halides is 1. The normalized spacial score (nSPS) is 10.2. The monoisotopic (exact) mass is 222 g/mol. The fourth-order valence-corrected chi connectivity index (χ4v) is 1.99. The van der Waals surface area contributed by atoms with E-state index < -0.39 is 0 Å². The van der Waals surface area contributed by atoms with Crippen molar-refractivity contribution in [3.05, 3.63) is 10.6 Å². The van der Waals surface area contributed by atoms with Gasteiger partial charge in [-0.1, -0.05) is 27.3 Å². The van der Waals surface area contributed by atoms with Gasteiger partial charge in [0.05, 0.1) is 17.2 Å². The third-order valence-electron chi connectivity index (χ3n) is 1.06. The molecule has 0 amide bonds. The van der Waals surface area contributed by atoms with E-state index in [-0.39, 0.29) is 6.61 Å². The molecule has 0 spiro atoms. The van der Waals surface area contributed by atoms with Gasteiger partial charge in [0, 0.05) is 5.33 Å². The first-order chi connectivity index (χ1) is 4.77. The van der Waals surface area contributed by atoms with Crippen LogP contribution in [0.2, 0.25) is 0 Å². The van der Waals surface area contributed by atoms with Gasteiger partial charge in [0.15, 0.2) is 5.13 Å². The van der Waals surface area contributed by atoms with Gasteiger partial charge in [0.1, 0.15) is 0 Å². The van der Waals surface area contributed by atoms with Gasteiger partial charge in [-0.05, 0) is 0 Å². The highest BCUT2D eigenvalue weighted by Crippen LogP contribution is 2.21. The summed E-state index contributed by atoms with van der Waals surface area (Å²) in [4.78, 5) is 4.83. The van der Waals surface area contributed by atoms with E-state index >= 15 is 0 Å². The van der Waals surface area contributed by atoms with Crippen LogP contribution in [-0.2, 0) is 11.9 Å². The van der Waals surface area contributed by atoms with Crippen LogP contribution in [0.3, 0.4) is 0 Å². The lowest BCUT2D eigenvalue weighted by atomic mass is 10.4. The van der Waals surface area contributed by atoms with Crippen molar-refractivity contribution in [2.45, 2.75) is 11.9 Å². The largest absolute Gasteiger partial charge is 0.391 e. The molecule has 0 atom stereocenters. The predicted octanol–water partition coefficient (Wildman–Crippen LogP) is 1.11. The van der Waals surface area contributed by atoms with Crippen molar-refractivity contribution >= 4 is 32.4 Å². The van der Waals surface area contributed by atoms with Gasteiger partial charge in [0.2, 0.25) is 0 Å². The second-order valence-electron chi connectivity index (χ2n) is 1.71. The summed E-state index contributed by atoms with van der Waals surface area (Å²) in [7, 11) is 0. The van der Waals surface area contributed by atoms with E-state index in [1.165, 1.54) is 11.3 Å². The van der Waals surface area contributed by atoms with Crippen LogP contribution in [0.1, 0.15) is 10.6 Å². The molecule has 1 rings (SSSR count). The number of nitrogens with two attached hydrogens (primary N) is 1. The maximum absolute atomic E-state index is 8.76. The summed E-state index contributed by atoms with van der Waals surface area (Å²) in [6.45, 7) is 0.0236. The van der Waals surface area contributed by atoms with E-state index in [1.54, 1.807) is 0 Å². The Bertz CT molecular complexity index is 204. The van der Waals surface area contributed by atoms with Gasteiger partial charge in [-0.25, -0.2) is 4.98 Å². The van der Waals surface area contributed by atoms with E-state index in [0.717, 1.165) is 10.6 Å². The minimum Gasteiger partial charge on any atom is -0.391 e. The van der Waals surface area contributed by atoms with Crippen LogP contribution in [-0.4, -0.2) is 10.1 Å². The maximum Gasteiger partial charge on any atom is 0.180 e. The summed E-state index contributed by atoms with van der Waals surface area (Å²) < 4.78 is 0. The molecule has 3 N–H and O–H groups in total. The zero-order valence-corrected chi connectivity index (χ0v) is 7.57. The van der Waals surface area contributed by atoms with E-state index in [9.17, 15) is 0 Å². The lowest BCUT2D eigenvalue weighted by molar-refractivity contribution is 0.284. The predicted molar refractivity (Wildman–Crippen MR) is 45.1 cm³/mol. The minimum atomic E-state index is 0.0236. The molecule has 0 aromatic carbocycles. The Hall–Kier alpha value is -0.130. The molecule has 0 saturated heterocycles. The summed E-state index contributed by atoms with van der Waals surface area (Å²) in [6, 6.07) is 0. The van der Waals surface area contributed by atoms with Crippen LogP contribution in [0, 0.1) is 0 Å². The number of hydrogen-bond acceptors (Lipinski definition) is 4. The average molecular weight is 223 g/mol. The van der Waals surface area contributed by atoms with Crippen molar-refractivity contribution in [2.75, 3.05) is 5.73 Å². The first kappa shape index (κ1) is 7.97. The number of halogens is 1. The molecule has 1 aromatic heterocycles. The number of thiazole rings is 1. The van der Waals surface area contributed by atoms with Crippen LogP contribution in [0.4, 0.5) is 5.13 Å². The molecule has 1 heterocycles. The van der Waals surface area contributed by atoms with Crippen LogP contribution in [0.5, 0.6) is 0 Å². The van der Waals surface area contributed by atoms with Crippen molar-refractivity contribution in [1.29, 1.82) is 0 Å². The van der Waals surface area contributed by atoms with Crippen LogP contribution < -0.4 is 5.73 Å². The summed E-state index contributed by atoms with van der Waals surface area (Å²) in [5, 5.41) is 9.92. The summed E-state index contributed by atoms with van der Waals surface area (Å²) in [5.74, 6) is 0. The van der Waals surface area contributed by atoms with Crippen molar-refractivity contribution in [1.82, 2.24) is 4.98 Å². The van der Waals surface area contributed by atoms with Gasteiger partial charge >= 0.3 is 0 Å². The van der Waals surface area contributed by atoms with E-state index in [1.807, 2.05) is 0 Å².